The Balaban J connectivity index is 1.91. The molecule has 1 aliphatic heterocycles. The zero-order chi connectivity index (χ0) is 10.5. The van der Waals surface area contributed by atoms with Crippen LogP contribution in [-0.2, 0) is 0 Å². The quantitative estimate of drug-likeness (QED) is 0.793. The summed E-state index contributed by atoms with van der Waals surface area (Å²) in [5, 5.41) is 3.43. The van der Waals surface area contributed by atoms with Crippen molar-refractivity contribution >= 4 is 11.8 Å². The van der Waals surface area contributed by atoms with Crippen molar-refractivity contribution in [3.63, 3.8) is 0 Å². The van der Waals surface area contributed by atoms with E-state index in [2.05, 4.69) is 17.6 Å². The van der Waals surface area contributed by atoms with Crippen molar-refractivity contribution < 1.29 is 4.74 Å². The minimum atomic E-state index is 0.542. The fourth-order valence-corrected chi connectivity index (χ4v) is 2.37. The third kappa shape index (κ3) is 2.89. The molecule has 0 amide bonds. The highest BCUT2D eigenvalue weighted by Gasteiger charge is 2.14. The van der Waals surface area contributed by atoms with Gasteiger partial charge in [-0.1, -0.05) is 12.1 Å². The lowest BCUT2D eigenvalue weighted by molar-refractivity contribution is 0.271. The van der Waals surface area contributed by atoms with Crippen LogP contribution in [0, 0.1) is 0 Å². The molecule has 1 aromatic carbocycles. The lowest BCUT2D eigenvalue weighted by atomic mass is 10.2. The smallest absolute Gasteiger partial charge is 0.132 e. The van der Waals surface area contributed by atoms with Crippen LogP contribution in [0.15, 0.2) is 29.2 Å². The molecule has 0 radical (unpaired) electrons. The van der Waals surface area contributed by atoms with Gasteiger partial charge in [0.15, 0.2) is 0 Å². The molecule has 15 heavy (non-hydrogen) atoms. The van der Waals surface area contributed by atoms with E-state index in [1.54, 1.807) is 11.8 Å². The van der Waals surface area contributed by atoms with E-state index in [1.165, 1.54) is 17.7 Å². The monoisotopic (exact) mass is 223 g/mol. The van der Waals surface area contributed by atoms with Crippen LogP contribution in [0.3, 0.4) is 0 Å². The lowest BCUT2D eigenvalue weighted by Crippen LogP contribution is -2.28. The number of hydrogen-bond acceptors (Lipinski definition) is 3. The van der Waals surface area contributed by atoms with E-state index in [-0.39, 0.29) is 0 Å². The van der Waals surface area contributed by atoms with Gasteiger partial charge in [-0.15, -0.1) is 11.8 Å². The van der Waals surface area contributed by atoms with Gasteiger partial charge in [-0.25, -0.2) is 0 Å². The topological polar surface area (TPSA) is 21.3 Å². The highest BCUT2D eigenvalue weighted by atomic mass is 32.2. The molecule has 1 N–H and O–H groups in total. The number of rotatable bonds is 4. The second-order valence-electron chi connectivity index (χ2n) is 3.76. The summed E-state index contributed by atoms with van der Waals surface area (Å²) < 4.78 is 5.83. The third-order valence-electron chi connectivity index (χ3n) is 2.67. The predicted octanol–water partition coefficient (Wildman–Crippen LogP) is 2.54. The zero-order valence-electron chi connectivity index (χ0n) is 9.03. The third-order valence-corrected chi connectivity index (χ3v) is 3.45. The zero-order valence-corrected chi connectivity index (χ0v) is 9.85. The van der Waals surface area contributed by atoms with Gasteiger partial charge in [-0.2, -0.15) is 0 Å². The van der Waals surface area contributed by atoms with E-state index in [1.807, 2.05) is 18.2 Å². The first kappa shape index (κ1) is 10.8. The summed E-state index contributed by atoms with van der Waals surface area (Å²) in [6, 6.07) is 8.76. The van der Waals surface area contributed by atoms with Crippen LogP contribution < -0.4 is 10.1 Å². The summed E-state index contributed by atoms with van der Waals surface area (Å²) in [4.78, 5) is 1.22. The number of ether oxygens (including phenoxy) is 1. The second-order valence-corrected chi connectivity index (χ2v) is 4.60. The molecule has 0 unspecified atom stereocenters. The van der Waals surface area contributed by atoms with Crippen LogP contribution in [0.25, 0.3) is 0 Å². The molecule has 1 aromatic rings. The first-order chi connectivity index (χ1) is 7.40. The summed E-state index contributed by atoms with van der Waals surface area (Å²) in [5.74, 6) is 1.01. The minimum absolute atomic E-state index is 0.542. The van der Waals surface area contributed by atoms with Crippen molar-refractivity contribution in [2.45, 2.75) is 23.8 Å². The van der Waals surface area contributed by atoms with Crippen LogP contribution >= 0.6 is 11.8 Å². The van der Waals surface area contributed by atoms with Crippen molar-refractivity contribution in [3.8, 4) is 5.75 Å². The normalized spacial score (nSPS) is 20.5. The number of hydrogen-bond donors (Lipinski definition) is 1. The van der Waals surface area contributed by atoms with Gasteiger partial charge in [0, 0.05) is 10.9 Å². The van der Waals surface area contributed by atoms with Gasteiger partial charge >= 0.3 is 0 Å². The van der Waals surface area contributed by atoms with E-state index in [0.29, 0.717) is 6.04 Å². The molecule has 0 saturated carbocycles. The molecule has 1 saturated heterocycles. The summed E-state index contributed by atoms with van der Waals surface area (Å²) >= 11 is 1.73. The molecule has 0 spiro atoms. The maximum Gasteiger partial charge on any atom is 0.132 e. The average molecular weight is 223 g/mol. The molecule has 1 heterocycles. The van der Waals surface area contributed by atoms with Crippen LogP contribution in [-0.4, -0.2) is 25.4 Å². The van der Waals surface area contributed by atoms with Gasteiger partial charge in [-0.3, -0.25) is 0 Å². The molecule has 3 heteroatoms. The van der Waals surface area contributed by atoms with Gasteiger partial charge in [0.2, 0.25) is 0 Å². The predicted molar refractivity (Wildman–Crippen MR) is 64.7 cm³/mol. The van der Waals surface area contributed by atoms with E-state index in [0.717, 1.165) is 18.9 Å². The maximum absolute atomic E-state index is 5.83. The first-order valence-electron chi connectivity index (χ1n) is 5.39. The summed E-state index contributed by atoms with van der Waals surface area (Å²) in [6.07, 6.45) is 4.59. The van der Waals surface area contributed by atoms with E-state index in [4.69, 9.17) is 4.74 Å². The Morgan fingerprint density at radius 2 is 2.33 bits per heavy atom. The van der Waals surface area contributed by atoms with Crippen molar-refractivity contribution in [1.29, 1.82) is 0 Å². The van der Waals surface area contributed by atoms with Crippen LogP contribution in [0.4, 0.5) is 0 Å². The number of thioether (sulfide) groups is 1. The van der Waals surface area contributed by atoms with Gasteiger partial charge in [0.25, 0.3) is 0 Å². The van der Waals surface area contributed by atoms with E-state index in [9.17, 15) is 0 Å². The van der Waals surface area contributed by atoms with Gasteiger partial charge < -0.3 is 10.1 Å². The number of para-hydroxylation sites is 1. The fourth-order valence-electron chi connectivity index (χ4n) is 1.83. The Morgan fingerprint density at radius 3 is 3.07 bits per heavy atom. The largest absolute Gasteiger partial charge is 0.491 e. The van der Waals surface area contributed by atoms with Gasteiger partial charge in [0.05, 0.1) is 0 Å². The average Bonchev–Trinajstić information content (AvgIpc) is 2.79. The van der Waals surface area contributed by atoms with Crippen LogP contribution in [0.5, 0.6) is 5.75 Å². The standard InChI is InChI=1S/C12H17NOS/c1-15-12-7-3-2-6-11(12)14-9-10-5-4-8-13-10/h2-3,6-7,10,13H,4-5,8-9H2,1H3/t10-/m0/s1. The molecule has 82 valence electrons. The Bertz CT molecular complexity index is 310. The highest BCUT2D eigenvalue weighted by molar-refractivity contribution is 7.98. The SMILES string of the molecule is CSc1ccccc1OC[C@@H]1CCCN1. The maximum atomic E-state index is 5.83. The number of nitrogens with one attached hydrogen (secondary N) is 1. The first-order valence-corrected chi connectivity index (χ1v) is 6.62. The second kappa shape index (κ2) is 5.42. The van der Waals surface area contributed by atoms with E-state index < -0.39 is 0 Å². The van der Waals surface area contributed by atoms with Crippen LogP contribution in [0.2, 0.25) is 0 Å². The molecule has 0 aromatic heterocycles. The Labute approximate surface area is 95.4 Å². The van der Waals surface area contributed by atoms with Crippen molar-refractivity contribution in [2.75, 3.05) is 19.4 Å². The fraction of sp³-hybridized carbons (Fsp3) is 0.500. The molecule has 2 rings (SSSR count). The summed E-state index contributed by atoms with van der Waals surface area (Å²) in [6.45, 7) is 1.93. The molecular formula is C12H17NOS. The highest BCUT2D eigenvalue weighted by Crippen LogP contribution is 2.27. The van der Waals surface area contributed by atoms with Gasteiger partial charge in [0.1, 0.15) is 12.4 Å². The molecular weight excluding hydrogens is 206 g/mol. The molecule has 1 aliphatic rings. The number of benzene rings is 1. The summed E-state index contributed by atoms with van der Waals surface area (Å²) in [7, 11) is 0. The molecule has 0 aliphatic carbocycles. The van der Waals surface area contributed by atoms with Crippen molar-refractivity contribution in [2.24, 2.45) is 0 Å². The van der Waals surface area contributed by atoms with Crippen LogP contribution in [0.1, 0.15) is 12.8 Å². The lowest BCUT2D eigenvalue weighted by Gasteiger charge is -2.13. The Morgan fingerprint density at radius 1 is 1.47 bits per heavy atom. The van der Waals surface area contributed by atoms with Crippen molar-refractivity contribution in [1.82, 2.24) is 5.32 Å². The Hall–Kier alpha value is -0.670. The molecule has 1 atom stereocenters. The van der Waals surface area contributed by atoms with Crippen molar-refractivity contribution in [3.05, 3.63) is 24.3 Å². The van der Waals surface area contributed by atoms with Gasteiger partial charge in [-0.05, 0) is 37.8 Å². The van der Waals surface area contributed by atoms with E-state index >= 15 is 0 Å². The minimum Gasteiger partial charge on any atom is -0.491 e. The molecule has 0 bridgehead atoms. The molecule has 2 nitrogen and oxygen atoms in total. The summed E-state index contributed by atoms with van der Waals surface area (Å²) in [5.41, 5.74) is 0. The Kier molecular flexibility index (Phi) is 3.92. The molecule has 1 fully saturated rings.